The van der Waals surface area contributed by atoms with Crippen molar-refractivity contribution in [3.8, 4) is 11.1 Å². The number of oxazole rings is 1. The van der Waals surface area contributed by atoms with Gasteiger partial charge in [0.1, 0.15) is 5.76 Å². The van der Waals surface area contributed by atoms with Crippen molar-refractivity contribution < 1.29 is 9.21 Å². The number of aromatic nitrogens is 1. The highest BCUT2D eigenvalue weighted by Gasteiger charge is 2.22. The van der Waals surface area contributed by atoms with E-state index in [0.717, 1.165) is 41.3 Å². The third-order valence-corrected chi connectivity index (χ3v) is 4.65. The number of aryl methyl sites for hydroxylation is 2. The molecule has 0 radical (unpaired) electrons. The van der Waals surface area contributed by atoms with Gasteiger partial charge in [0.15, 0.2) is 5.89 Å². The van der Waals surface area contributed by atoms with Crippen molar-refractivity contribution in [1.82, 2.24) is 10.3 Å². The molecule has 0 spiro atoms. The lowest BCUT2D eigenvalue weighted by molar-refractivity contribution is 0.0953. The summed E-state index contributed by atoms with van der Waals surface area (Å²) in [5.41, 5.74) is 3.76. The summed E-state index contributed by atoms with van der Waals surface area (Å²) in [6, 6.07) is 17.8. The molecule has 0 aliphatic carbocycles. The molecule has 0 aliphatic heterocycles. The lowest BCUT2D eigenvalue weighted by Crippen LogP contribution is -2.24. The minimum absolute atomic E-state index is 0.0516. The van der Waals surface area contributed by atoms with E-state index in [1.54, 1.807) is 0 Å². The van der Waals surface area contributed by atoms with Crippen LogP contribution in [0.5, 0.6) is 0 Å². The summed E-state index contributed by atoms with van der Waals surface area (Å²) in [7, 11) is 0. The average Bonchev–Trinajstić information content (AvgIpc) is 3.07. The van der Waals surface area contributed by atoms with Crippen molar-refractivity contribution in [1.29, 1.82) is 0 Å². The highest BCUT2D eigenvalue weighted by Crippen LogP contribution is 2.24. The second kappa shape index (κ2) is 8.42. The van der Waals surface area contributed by atoms with Crippen LogP contribution in [0.2, 0.25) is 0 Å². The van der Waals surface area contributed by atoms with Crippen LogP contribution in [0.1, 0.15) is 54.9 Å². The number of benzene rings is 2. The zero-order valence-electron chi connectivity index (χ0n) is 17.1. The molecule has 0 saturated heterocycles. The Balaban J connectivity index is 1.50. The van der Waals surface area contributed by atoms with Gasteiger partial charge in [-0.15, -0.1) is 0 Å². The first-order valence-electron chi connectivity index (χ1n) is 9.75. The molecule has 2 aromatic carbocycles. The van der Waals surface area contributed by atoms with Crippen LogP contribution < -0.4 is 5.32 Å². The van der Waals surface area contributed by atoms with Gasteiger partial charge in [-0.05, 0) is 36.6 Å². The van der Waals surface area contributed by atoms with Gasteiger partial charge in [0.25, 0.3) is 5.91 Å². The number of hydrogen-bond acceptors (Lipinski definition) is 3. The second-order valence-electron chi connectivity index (χ2n) is 8.08. The Morgan fingerprint density at radius 1 is 1.00 bits per heavy atom. The summed E-state index contributed by atoms with van der Waals surface area (Å²) in [4.78, 5) is 16.9. The number of carbonyl (C=O) groups excluding carboxylic acids is 1. The number of nitrogens with zero attached hydrogens (tertiary/aromatic N) is 1. The van der Waals surface area contributed by atoms with Gasteiger partial charge in [-0.3, -0.25) is 4.79 Å². The summed E-state index contributed by atoms with van der Waals surface area (Å²) in [6.07, 6.45) is 1.58. The third-order valence-electron chi connectivity index (χ3n) is 4.65. The Hall–Kier alpha value is -2.88. The maximum absolute atomic E-state index is 12.4. The van der Waals surface area contributed by atoms with Crippen molar-refractivity contribution in [3.05, 3.63) is 77.5 Å². The molecule has 4 heteroatoms. The zero-order chi connectivity index (χ0) is 20.1. The molecule has 1 N–H and O–H groups in total. The molecular weight excluding hydrogens is 348 g/mol. The molecule has 0 saturated carbocycles. The summed E-state index contributed by atoms with van der Waals surface area (Å²) in [6.45, 7) is 8.84. The number of hydrogen-bond donors (Lipinski definition) is 1. The topological polar surface area (TPSA) is 55.1 Å². The van der Waals surface area contributed by atoms with Crippen LogP contribution in [0.3, 0.4) is 0 Å². The Kier molecular flexibility index (Phi) is 5.98. The lowest BCUT2D eigenvalue weighted by atomic mass is 9.97. The maximum atomic E-state index is 12.4. The van der Waals surface area contributed by atoms with Gasteiger partial charge < -0.3 is 9.73 Å². The van der Waals surface area contributed by atoms with Crippen LogP contribution in [-0.4, -0.2) is 17.4 Å². The molecule has 0 fully saturated rings. The fraction of sp³-hybridized carbons (Fsp3) is 0.333. The number of nitrogens with one attached hydrogen (secondary N) is 1. The molecule has 1 aromatic heterocycles. The van der Waals surface area contributed by atoms with Gasteiger partial charge in [-0.1, -0.05) is 63.2 Å². The van der Waals surface area contributed by atoms with Crippen LogP contribution in [0.25, 0.3) is 11.1 Å². The van der Waals surface area contributed by atoms with E-state index in [0.29, 0.717) is 12.1 Å². The minimum Gasteiger partial charge on any atom is -0.445 e. The molecule has 28 heavy (non-hydrogen) atoms. The molecule has 146 valence electrons. The van der Waals surface area contributed by atoms with Gasteiger partial charge in [0.2, 0.25) is 0 Å². The largest absolute Gasteiger partial charge is 0.445 e. The van der Waals surface area contributed by atoms with Gasteiger partial charge in [0.05, 0.1) is 5.69 Å². The number of amides is 1. The fourth-order valence-corrected chi connectivity index (χ4v) is 2.98. The maximum Gasteiger partial charge on any atom is 0.251 e. The van der Waals surface area contributed by atoms with Crippen LogP contribution in [0.15, 0.2) is 59.0 Å². The van der Waals surface area contributed by atoms with Crippen LogP contribution in [-0.2, 0) is 11.8 Å². The molecule has 0 unspecified atom stereocenters. The van der Waals surface area contributed by atoms with Gasteiger partial charge in [-0.2, -0.15) is 0 Å². The lowest BCUT2D eigenvalue weighted by Gasteiger charge is -2.12. The van der Waals surface area contributed by atoms with Crippen molar-refractivity contribution in [3.63, 3.8) is 0 Å². The van der Waals surface area contributed by atoms with E-state index in [4.69, 9.17) is 4.42 Å². The van der Waals surface area contributed by atoms with Crippen LogP contribution in [0, 0.1) is 6.92 Å². The highest BCUT2D eigenvalue weighted by molar-refractivity contribution is 5.94. The summed E-state index contributed by atoms with van der Waals surface area (Å²) < 4.78 is 5.90. The summed E-state index contributed by atoms with van der Waals surface area (Å²) in [5.74, 6) is 1.62. The molecule has 1 amide bonds. The van der Waals surface area contributed by atoms with Crippen LogP contribution >= 0.6 is 0 Å². The van der Waals surface area contributed by atoms with E-state index in [1.807, 2.05) is 49.4 Å². The average molecular weight is 376 g/mol. The van der Waals surface area contributed by atoms with E-state index >= 15 is 0 Å². The molecule has 0 aliphatic rings. The van der Waals surface area contributed by atoms with Gasteiger partial charge in [-0.25, -0.2) is 4.98 Å². The first-order valence-corrected chi connectivity index (χ1v) is 9.75. The number of carbonyl (C=O) groups is 1. The monoisotopic (exact) mass is 376 g/mol. The molecular formula is C24H28N2O2. The van der Waals surface area contributed by atoms with E-state index in [9.17, 15) is 4.79 Å². The SMILES string of the molecule is Cc1nc(C(C)(C)C)oc1CCCNC(=O)c1ccc(-c2ccccc2)cc1. The third kappa shape index (κ3) is 4.89. The van der Waals surface area contributed by atoms with Crippen molar-refractivity contribution in [2.24, 2.45) is 0 Å². The fourth-order valence-electron chi connectivity index (χ4n) is 2.98. The van der Waals surface area contributed by atoms with Crippen molar-refractivity contribution in [2.45, 2.75) is 46.0 Å². The smallest absolute Gasteiger partial charge is 0.251 e. The summed E-state index contributed by atoms with van der Waals surface area (Å²) in [5, 5.41) is 2.98. The van der Waals surface area contributed by atoms with Gasteiger partial charge in [0, 0.05) is 23.9 Å². The predicted molar refractivity (Wildman–Crippen MR) is 112 cm³/mol. The Morgan fingerprint density at radius 2 is 1.64 bits per heavy atom. The van der Waals surface area contributed by atoms with Crippen molar-refractivity contribution >= 4 is 5.91 Å². The highest BCUT2D eigenvalue weighted by atomic mass is 16.4. The van der Waals surface area contributed by atoms with E-state index in [1.165, 1.54) is 0 Å². The Morgan fingerprint density at radius 3 is 2.25 bits per heavy atom. The molecule has 3 aromatic rings. The number of rotatable bonds is 6. The molecule has 4 nitrogen and oxygen atoms in total. The van der Waals surface area contributed by atoms with E-state index in [-0.39, 0.29) is 11.3 Å². The first-order chi connectivity index (χ1) is 13.3. The molecule has 0 bridgehead atoms. The first kappa shape index (κ1) is 19.9. The summed E-state index contributed by atoms with van der Waals surface area (Å²) >= 11 is 0. The quantitative estimate of drug-likeness (QED) is 0.593. The van der Waals surface area contributed by atoms with Crippen molar-refractivity contribution in [2.75, 3.05) is 6.54 Å². The van der Waals surface area contributed by atoms with Gasteiger partial charge >= 0.3 is 0 Å². The van der Waals surface area contributed by atoms with E-state index < -0.39 is 0 Å². The van der Waals surface area contributed by atoms with Crippen LogP contribution in [0.4, 0.5) is 0 Å². The van der Waals surface area contributed by atoms with E-state index in [2.05, 4.69) is 43.2 Å². The molecule has 3 rings (SSSR count). The zero-order valence-corrected chi connectivity index (χ0v) is 17.1. The molecule has 0 atom stereocenters. The normalized spacial score (nSPS) is 11.4. The predicted octanol–water partition coefficient (Wildman–Crippen LogP) is 5.31. The Bertz CT molecular complexity index is 919. The standard InChI is InChI=1S/C24H28N2O2/c1-17-21(28-23(26-17)24(2,3)4)11-8-16-25-22(27)20-14-12-19(13-15-20)18-9-6-5-7-10-18/h5-7,9-10,12-15H,8,11,16H2,1-4H3,(H,25,27). The second-order valence-corrected chi connectivity index (χ2v) is 8.08. The Labute approximate surface area is 167 Å². The minimum atomic E-state index is -0.0941. The molecule has 1 heterocycles.